The van der Waals surface area contributed by atoms with Gasteiger partial charge < -0.3 is 13.9 Å². The summed E-state index contributed by atoms with van der Waals surface area (Å²) in [7, 11) is 0. The molecule has 2 aromatic carbocycles. The van der Waals surface area contributed by atoms with Gasteiger partial charge in [0.15, 0.2) is 0 Å². The highest BCUT2D eigenvalue weighted by Crippen LogP contribution is 2.29. The fourth-order valence-corrected chi connectivity index (χ4v) is 2.93. The highest BCUT2D eigenvalue weighted by molar-refractivity contribution is 5.83. The van der Waals surface area contributed by atoms with Crippen molar-refractivity contribution in [3.05, 3.63) is 75.6 Å². The van der Waals surface area contributed by atoms with Crippen molar-refractivity contribution < 1.29 is 18.7 Å². The molecule has 5 heteroatoms. The molecule has 0 spiro atoms. The van der Waals surface area contributed by atoms with Crippen molar-refractivity contribution in [3.8, 4) is 5.75 Å². The Labute approximate surface area is 157 Å². The van der Waals surface area contributed by atoms with Crippen molar-refractivity contribution in [2.24, 2.45) is 0 Å². The van der Waals surface area contributed by atoms with E-state index in [0.717, 1.165) is 22.1 Å². The van der Waals surface area contributed by atoms with Gasteiger partial charge in [0, 0.05) is 23.9 Å². The molecule has 0 atom stereocenters. The minimum atomic E-state index is -0.395. The van der Waals surface area contributed by atoms with Crippen LogP contribution < -0.4 is 10.4 Å². The van der Waals surface area contributed by atoms with Crippen molar-refractivity contribution in [2.75, 3.05) is 6.61 Å². The SMILES string of the molecule is CCOC(=O)CCc1cc2c(C)cc(=O)oc2cc1OCc1ccccc1. The molecule has 0 N–H and O–H groups in total. The molecule has 0 fully saturated rings. The second-order valence-electron chi connectivity index (χ2n) is 6.28. The molecular formula is C22H22O5. The monoisotopic (exact) mass is 366 g/mol. The van der Waals surface area contributed by atoms with E-state index in [0.29, 0.717) is 31.0 Å². The average Bonchev–Trinajstić information content (AvgIpc) is 2.65. The normalized spacial score (nSPS) is 10.7. The molecule has 0 aliphatic carbocycles. The maximum absolute atomic E-state index is 11.8. The first-order chi connectivity index (χ1) is 13.1. The summed E-state index contributed by atoms with van der Waals surface area (Å²) < 4.78 is 16.3. The number of esters is 1. The largest absolute Gasteiger partial charge is 0.488 e. The third-order valence-corrected chi connectivity index (χ3v) is 4.27. The van der Waals surface area contributed by atoms with E-state index in [9.17, 15) is 9.59 Å². The molecule has 0 aliphatic rings. The first-order valence-corrected chi connectivity index (χ1v) is 8.96. The van der Waals surface area contributed by atoms with E-state index in [-0.39, 0.29) is 12.4 Å². The highest BCUT2D eigenvalue weighted by atomic mass is 16.5. The number of hydrogen-bond acceptors (Lipinski definition) is 5. The number of aryl methyl sites for hydroxylation is 2. The van der Waals surface area contributed by atoms with E-state index in [2.05, 4.69) is 0 Å². The molecule has 0 aliphatic heterocycles. The van der Waals surface area contributed by atoms with Crippen LogP contribution in [0, 0.1) is 6.92 Å². The van der Waals surface area contributed by atoms with E-state index in [1.54, 1.807) is 13.0 Å². The van der Waals surface area contributed by atoms with E-state index < -0.39 is 5.63 Å². The van der Waals surface area contributed by atoms with Crippen LogP contribution in [0.3, 0.4) is 0 Å². The van der Waals surface area contributed by atoms with Crippen molar-refractivity contribution in [1.29, 1.82) is 0 Å². The summed E-state index contributed by atoms with van der Waals surface area (Å²) in [5, 5.41) is 0.834. The Morgan fingerprint density at radius 3 is 2.63 bits per heavy atom. The van der Waals surface area contributed by atoms with E-state index in [4.69, 9.17) is 13.9 Å². The van der Waals surface area contributed by atoms with Crippen LogP contribution >= 0.6 is 0 Å². The van der Waals surface area contributed by atoms with Crippen LogP contribution in [0.1, 0.15) is 30.0 Å². The summed E-state index contributed by atoms with van der Waals surface area (Å²) in [6.07, 6.45) is 0.744. The first kappa shape index (κ1) is 18.7. The van der Waals surface area contributed by atoms with Gasteiger partial charge in [0.25, 0.3) is 0 Å². The van der Waals surface area contributed by atoms with Gasteiger partial charge in [-0.05, 0) is 43.0 Å². The average molecular weight is 366 g/mol. The summed E-state index contributed by atoms with van der Waals surface area (Å²) in [4.78, 5) is 23.5. The maximum Gasteiger partial charge on any atom is 0.336 e. The Bertz CT molecular complexity index is 989. The van der Waals surface area contributed by atoms with Crippen molar-refractivity contribution in [1.82, 2.24) is 0 Å². The predicted octanol–water partition coefficient (Wildman–Crippen LogP) is 4.18. The van der Waals surface area contributed by atoms with Gasteiger partial charge in [-0.1, -0.05) is 30.3 Å². The van der Waals surface area contributed by atoms with Gasteiger partial charge in [0.2, 0.25) is 0 Å². The van der Waals surface area contributed by atoms with Crippen LogP contribution in [-0.4, -0.2) is 12.6 Å². The highest BCUT2D eigenvalue weighted by Gasteiger charge is 2.13. The molecule has 27 heavy (non-hydrogen) atoms. The second-order valence-corrected chi connectivity index (χ2v) is 6.28. The zero-order valence-electron chi connectivity index (χ0n) is 15.5. The minimum absolute atomic E-state index is 0.247. The van der Waals surface area contributed by atoms with Gasteiger partial charge in [0.05, 0.1) is 6.61 Å². The number of benzene rings is 2. The number of carbonyl (C=O) groups is 1. The predicted molar refractivity (Wildman–Crippen MR) is 103 cm³/mol. The summed E-state index contributed by atoms with van der Waals surface area (Å²) in [5.74, 6) is 0.354. The molecule has 5 nitrogen and oxygen atoms in total. The summed E-state index contributed by atoms with van der Waals surface area (Å²) in [5.41, 5.74) is 2.81. The van der Waals surface area contributed by atoms with E-state index >= 15 is 0 Å². The zero-order chi connectivity index (χ0) is 19.2. The topological polar surface area (TPSA) is 65.7 Å². The van der Waals surface area contributed by atoms with Gasteiger partial charge in [-0.3, -0.25) is 4.79 Å². The van der Waals surface area contributed by atoms with Gasteiger partial charge in [-0.2, -0.15) is 0 Å². The Morgan fingerprint density at radius 1 is 1.11 bits per heavy atom. The van der Waals surface area contributed by atoms with Crippen LogP contribution in [0.15, 0.2) is 57.7 Å². The molecule has 0 amide bonds. The lowest BCUT2D eigenvalue weighted by atomic mass is 10.0. The number of fused-ring (bicyclic) bond motifs is 1. The van der Waals surface area contributed by atoms with Gasteiger partial charge in [-0.15, -0.1) is 0 Å². The van der Waals surface area contributed by atoms with Crippen molar-refractivity contribution >= 4 is 16.9 Å². The fourth-order valence-electron chi connectivity index (χ4n) is 2.93. The molecule has 1 heterocycles. The summed E-state index contributed by atoms with van der Waals surface area (Å²) >= 11 is 0. The first-order valence-electron chi connectivity index (χ1n) is 8.96. The summed E-state index contributed by atoms with van der Waals surface area (Å²) in [6.45, 7) is 4.39. The van der Waals surface area contributed by atoms with Crippen LogP contribution in [0.5, 0.6) is 5.75 Å². The number of rotatable bonds is 7. The van der Waals surface area contributed by atoms with E-state index in [1.807, 2.05) is 43.3 Å². The third-order valence-electron chi connectivity index (χ3n) is 4.27. The Balaban J connectivity index is 1.92. The van der Waals surface area contributed by atoms with Crippen LogP contribution in [0.4, 0.5) is 0 Å². The van der Waals surface area contributed by atoms with Crippen LogP contribution in [0.25, 0.3) is 11.0 Å². The van der Waals surface area contributed by atoms with Gasteiger partial charge >= 0.3 is 11.6 Å². The van der Waals surface area contributed by atoms with Crippen LogP contribution in [-0.2, 0) is 22.6 Å². The number of hydrogen-bond donors (Lipinski definition) is 0. The Hall–Kier alpha value is -3.08. The third kappa shape index (κ3) is 4.76. The summed E-state index contributed by atoms with van der Waals surface area (Å²) in [6, 6.07) is 14.9. The number of ether oxygens (including phenoxy) is 2. The molecule has 0 unspecified atom stereocenters. The van der Waals surface area contributed by atoms with Gasteiger partial charge in [0.1, 0.15) is 17.9 Å². The Morgan fingerprint density at radius 2 is 1.89 bits per heavy atom. The second kappa shape index (κ2) is 8.54. The number of carbonyl (C=O) groups excluding carboxylic acids is 1. The molecule has 1 aromatic heterocycles. The maximum atomic E-state index is 11.8. The van der Waals surface area contributed by atoms with Gasteiger partial charge in [-0.25, -0.2) is 4.79 Å². The molecule has 3 rings (SSSR count). The molecule has 0 radical (unpaired) electrons. The fraction of sp³-hybridized carbons (Fsp3) is 0.273. The standard InChI is InChI=1S/C22H22O5/c1-3-25-21(23)10-9-17-12-18-15(2)11-22(24)27-20(18)13-19(17)26-14-16-7-5-4-6-8-16/h4-8,11-13H,3,9-10,14H2,1-2H3. The molecular weight excluding hydrogens is 344 g/mol. The molecule has 0 bridgehead atoms. The lowest BCUT2D eigenvalue weighted by molar-refractivity contribution is -0.143. The smallest absolute Gasteiger partial charge is 0.336 e. The van der Waals surface area contributed by atoms with E-state index in [1.165, 1.54) is 6.07 Å². The lowest BCUT2D eigenvalue weighted by Crippen LogP contribution is -2.07. The molecule has 0 saturated heterocycles. The Kier molecular flexibility index (Phi) is 5.91. The van der Waals surface area contributed by atoms with Crippen molar-refractivity contribution in [3.63, 3.8) is 0 Å². The molecule has 3 aromatic rings. The molecule has 140 valence electrons. The quantitative estimate of drug-likeness (QED) is 0.464. The lowest BCUT2D eigenvalue weighted by Gasteiger charge is -2.13. The van der Waals surface area contributed by atoms with Crippen molar-refractivity contribution in [2.45, 2.75) is 33.3 Å². The zero-order valence-corrected chi connectivity index (χ0v) is 15.5. The van der Waals surface area contributed by atoms with Crippen LogP contribution in [0.2, 0.25) is 0 Å². The molecule has 0 saturated carbocycles. The minimum Gasteiger partial charge on any atom is -0.488 e.